The molecule has 3 nitrogen and oxygen atoms in total. The minimum Gasteiger partial charge on any atom is -0.337 e. The molecule has 2 aromatic heterocycles. The summed E-state index contributed by atoms with van der Waals surface area (Å²) in [4.78, 5) is 8.45. The van der Waals surface area contributed by atoms with Crippen LogP contribution in [0.4, 0.5) is 0 Å². The minimum atomic E-state index is 0.918. The first kappa shape index (κ1) is 10.8. The molecule has 0 aliphatic carbocycles. The smallest absolute Gasteiger partial charge is 0.119 e. The van der Waals surface area contributed by atoms with E-state index in [0.29, 0.717) is 0 Å². The molecule has 0 radical (unpaired) electrons. The van der Waals surface area contributed by atoms with Gasteiger partial charge in [-0.15, -0.1) is 0 Å². The van der Waals surface area contributed by atoms with Gasteiger partial charge in [0, 0.05) is 24.2 Å². The van der Waals surface area contributed by atoms with E-state index in [1.54, 1.807) is 6.20 Å². The van der Waals surface area contributed by atoms with Gasteiger partial charge in [0.15, 0.2) is 0 Å². The third-order valence-corrected chi connectivity index (χ3v) is 2.56. The summed E-state index contributed by atoms with van der Waals surface area (Å²) in [6.45, 7) is 3.96. The maximum atomic E-state index is 4.36. The van der Waals surface area contributed by atoms with E-state index in [4.69, 9.17) is 0 Å². The summed E-state index contributed by atoms with van der Waals surface area (Å²) in [5.41, 5.74) is 3.66. The molecule has 0 spiro atoms. The van der Waals surface area contributed by atoms with Crippen LogP contribution in [0.2, 0.25) is 0 Å². The van der Waals surface area contributed by atoms with E-state index >= 15 is 0 Å². The van der Waals surface area contributed by atoms with Crippen LogP contribution < -0.4 is 5.32 Å². The molecular formula is C13H16N3+. The van der Waals surface area contributed by atoms with E-state index in [1.165, 1.54) is 11.1 Å². The molecule has 3 heteroatoms. The van der Waals surface area contributed by atoms with Crippen LogP contribution in [0, 0.1) is 6.92 Å². The summed E-state index contributed by atoms with van der Waals surface area (Å²) in [7, 11) is 0. The van der Waals surface area contributed by atoms with E-state index in [2.05, 4.69) is 34.3 Å². The standard InChI is InChI=1S/C13H15N3/c1-11-4-2-7-16-13(11)10-15-9-12-5-3-6-14-8-12/h2-8,15H,9-10H2,1H3/p+1. The van der Waals surface area contributed by atoms with Gasteiger partial charge in [-0.25, -0.2) is 0 Å². The molecular weight excluding hydrogens is 198 g/mol. The second kappa shape index (κ2) is 5.37. The molecule has 0 aromatic carbocycles. The summed E-state index contributed by atoms with van der Waals surface area (Å²) in [6.07, 6.45) is 5.55. The Bertz CT molecular complexity index is 440. The average Bonchev–Trinajstić information content (AvgIpc) is 2.33. The topological polar surface area (TPSA) is 42.4 Å². The number of nitrogens with zero attached hydrogens (tertiary/aromatic N) is 2. The molecule has 0 aliphatic heterocycles. The molecule has 0 amide bonds. The van der Waals surface area contributed by atoms with Gasteiger partial charge in [-0.3, -0.25) is 9.97 Å². The first-order chi connectivity index (χ1) is 7.86. The molecule has 2 heterocycles. The zero-order valence-corrected chi connectivity index (χ0v) is 9.43. The highest BCUT2D eigenvalue weighted by molar-refractivity contribution is 5.16. The summed E-state index contributed by atoms with van der Waals surface area (Å²) in [5.74, 6) is 0. The predicted octanol–water partition coefficient (Wildman–Crippen LogP) is 1.05. The summed E-state index contributed by atoms with van der Waals surface area (Å²) in [5, 5.41) is 2.24. The van der Waals surface area contributed by atoms with Crippen LogP contribution in [0.25, 0.3) is 0 Å². The predicted molar refractivity (Wildman–Crippen MR) is 62.5 cm³/mol. The highest BCUT2D eigenvalue weighted by Crippen LogP contribution is 2.00. The molecule has 0 fully saturated rings. The first-order valence-electron chi connectivity index (χ1n) is 5.47. The Hall–Kier alpha value is -1.74. The van der Waals surface area contributed by atoms with Gasteiger partial charge in [-0.1, -0.05) is 12.1 Å². The van der Waals surface area contributed by atoms with Gasteiger partial charge in [0.2, 0.25) is 0 Å². The lowest BCUT2D eigenvalue weighted by Gasteiger charge is -2.03. The lowest BCUT2D eigenvalue weighted by Crippen LogP contribution is -2.81. The largest absolute Gasteiger partial charge is 0.337 e. The molecule has 0 saturated heterocycles. The van der Waals surface area contributed by atoms with Crippen molar-refractivity contribution < 1.29 is 5.32 Å². The number of rotatable bonds is 4. The molecule has 0 saturated carbocycles. The Balaban J connectivity index is 1.87. The molecule has 82 valence electrons. The Morgan fingerprint density at radius 3 is 2.75 bits per heavy atom. The SMILES string of the molecule is Cc1cccnc1C[NH2+]Cc1cccnc1. The molecule has 2 aromatic rings. The number of quaternary nitrogens is 1. The van der Waals surface area contributed by atoms with Crippen LogP contribution in [0.15, 0.2) is 42.9 Å². The van der Waals surface area contributed by atoms with Crippen molar-refractivity contribution in [2.45, 2.75) is 20.0 Å². The Kier molecular flexibility index (Phi) is 3.62. The van der Waals surface area contributed by atoms with Crippen molar-refractivity contribution in [3.8, 4) is 0 Å². The fraction of sp³-hybridized carbons (Fsp3) is 0.231. The summed E-state index contributed by atoms with van der Waals surface area (Å²) < 4.78 is 0. The summed E-state index contributed by atoms with van der Waals surface area (Å²) in [6, 6.07) is 8.13. The number of nitrogens with two attached hydrogens (primary N) is 1. The second-order valence-electron chi connectivity index (χ2n) is 3.83. The third kappa shape index (κ3) is 2.87. The maximum Gasteiger partial charge on any atom is 0.119 e. The highest BCUT2D eigenvalue weighted by atomic mass is 14.9. The zero-order chi connectivity index (χ0) is 11.2. The van der Waals surface area contributed by atoms with Crippen LogP contribution in [0.1, 0.15) is 16.8 Å². The zero-order valence-electron chi connectivity index (χ0n) is 9.43. The lowest BCUT2D eigenvalue weighted by atomic mass is 10.2. The van der Waals surface area contributed by atoms with Crippen molar-refractivity contribution in [1.29, 1.82) is 0 Å². The van der Waals surface area contributed by atoms with Crippen LogP contribution in [-0.2, 0) is 13.1 Å². The van der Waals surface area contributed by atoms with Gasteiger partial charge >= 0.3 is 0 Å². The van der Waals surface area contributed by atoms with Crippen molar-refractivity contribution in [2.24, 2.45) is 0 Å². The van der Waals surface area contributed by atoms with E-state index < -0.39 is 0 Å². The Morgan fingerprint density at radius 2 is 2.00 bits per heavy atom. The highest BCUT2D eigenvalue weighted by Gasteiger charge is 2.01. The van der Waals surface area contributed by atoms with Crippen molar-refractivity contribution in [1.82, 2.24) is 9.97 Å². The van der Waals surface area contributed by atoms with E-state index in [1.807, 2.05) is 24.5 Å². The molecule has 2 rings (SSSR count). The quantitative estimate of drug-likeness (QED) is 0.826. The first-order valence-corrected chi connectivity index (χ1v) is 5.47. The molecule has 0 aliphatic rings. The second-order valence-corrected chi connectivity index (χ2v) is 3.83. The van der Waals surface area contributed by atoms with Gasteiger partial charge in [0.25, 0.3) is 0 Å². The number of hydrogen-bond acceptors (Lipinski definition) is 2. The average molecular weight is 214 g/mol. The van der Waals surface area contributed by atoms with E-state index in [0.717, 1.165) is 18.8 Å². The maximum absolute atomic E-state index is 4.36. The van der Waals surface area contributed by atoms with Crippen molar-refractivity contribution in [3.05, 3.63) is 59.7 Å². The third-order valence-electron chi connectivity index (χ3n) is 2.56. The van der Waals surface area contributed by atoms with E-state index in [9.17, 15) is 0 Å². The summed E-state index contributed by atoms with van der Waals surface area (Å²) >= 11 is 0. The molecule has 0 unspecified atom stereocenters. The fourth-order valence-electron chi connectivity index (χ4n) is 1.63. The molecule has 16 heavy (non-hydrogen) atoms. The number of aromatic nitrogens is 2. The van der Waals surface area contributed by atoms with E-state index in [-0.39, 0.29) is 0 Å². The minimum absolute atomic E-state index is 0.918. The van der Waals surface area contributed by atoms with Crippen LogP contribution in [0.5, 0.6) is 0 Å². The van der Waals surface area contributed by atoms with Crippen molar-refractivity contribution >= 4 is 0 Å². The van der Waals surface area contributed by atoms with Gasteiger partial charge in [-0.2, -0.15) is 0 Å². The van der Waals surface area contributed by atoms with Gasteiger partial charge in [0.1, 0.15) is 13.1 Å². The number of aryl methyl sites for hydroxylation is 1. The van der Waals surface area contributed by atoms with Crippen LogP contribution >= 0.6 is 0 Å². The number of hydrogen-bond donors (Lipinski definition) is 1. The number of pyridine rings is 2. The monoisotopic (exact) mass is 214 g/mol. The van der Waals surface area contributed by atoms with Gasteiger partial charge < -0.3 is 5.32 Å². The molecule has 2 N–H and O–H groups in total. The Labute approximate surface area is 95.6 Å². The van der Waals surface area contributed by atoms with Crippen LogP contribution in [-0.4, -0.2) is 9.97 Å². The van der Waals surface area contributed by atoms with Gasteiger partial charge in [0.05, 0.1) is 5.69 Å². The fourth-order valence-corrected chi connectivity index (χ4v) is 1.63. The lowest BCUT2D eigenvalue weighted by molar-refractivity contribution is -0.686. The van der Waals surface area contributed by atoms with Crippen LogP contribution in [0.3, 0.4) is 0 Å². The van der Waals surface area contributed by atoms with Crippen molar-refractivity contribution in [2.75, 3.05) is 0 Å². The van der Waals surface area contributed by atoms with Crippen molar-refractivity contribution in [3.63, 3.8) is 0 Å². The normalized spacial score (nSPS) is 10.3. The van der Waals surface area contributed by atoms with Gasteiger partial charge in [-0.05, 0) is 24.6 Å². The molecule has 0 atom stereocenters. The molecule has 0 bridgehead atoms. The Morgan fingerprint density at radius 1 is 1.12 bits per heavy atom.